The number of carbonyl (C=O) groups excluding carboxylic acids is 1. The number of hydrogen-bond acceptors (Lipinski definition) is 2. The fourth-order valence-electron chi connectivity index (χ4n) is 2.63. The molecule has 5 heteroatoms. The molecule has 1 fully saturated rings. The van der Waals surface area contributed by atoms with Crippen LogP contribution in [0.5, 0.6) is 0 Å². The van der Waals surface area contributed by atoms with Gasteiger partial charge < -0.3 is 5.73 Å². The molecule has 110 valence electrons. The van der Waals surface area contributed by atoms with E-state index < -0.39 is 17.3 Å². The molecule has 0 radical (unpaired) electrons. The summed E-state index contributed by atoms with van der Waals surface area (Å²) in [5.74, 6) is -0.0723. The van der Waals surface area contributed by atoms with Gasteiger partial charge in [-0.05, 0) is 30.5 Å². The molecule has 0 bridgehead atoms. The molecule has 1 aliphatic carbocycles. The largest absolute Gasteiger partial charge is 0.416 e. The van der Waals surface area contributed by atoms with Crippen LogP contribution in [-0.2, 0) is 17.4 Å². The SMILES string of the molecule is NC1(C(=O)Cc2ccc(C(F)(F)F)cc2)CCCCC1. The standard InChI is InChI=1S/C15H18F3NO/c16-15(17,18)12-6-4-11(5-7-12)10-13(20)14(19)8-2-1-3-9-14/h4-7H,1-3,8-10,19H2. The summed E-state index contributed by atoms with van der Waals surface area (Å²) in [5.41, 5.74) is 5.21. The molecule has 20 heavy (non-hydrogen) atoms. The molecule has 0 amide bonds. The van der Waals surface area contributed by atoms with Crippen molar-refractivity contribution in [1.29, 1.82) is 0 Å². The van der Waals surface area contributed by atoms with Crippen molar-refractivity contribution in [3.8, 4) is 0 Å². The van der Waals surface area contributed by atoms with Gasteiger partial charge in [0.2, 0.25) is 0 Å². The Kier molecular flexibility index (Phi) is 4.18. The number of alkyl halides is 3. The molecule has 0 heterocycles. The van der Waals surface area contributed by atoms with Crippen LogP contribution in [0.15, 0.2) is 24.3 Å². The number of Topliss-reactive ketones (excluding diaryl/α,β-unsaturated/α-hetero) is 1. The van der Waals surface area contributed by atoms with E-state index in [0.29, 0.717) is 18.4 Å². The third-order valence-electron chi connectivity index (χ3n) is 3.95. The Hall–Kier alpha value is -1.36. The van der Waals surface area contributed by atoms with Crippen LogP contribution in [0.25, 0.3) is 0 Å². The van der Waals surface area contributed by atoms with E-state index in [1.807, 2.05) is 0 Å². The van der Waals surface area contributed by atoms with Gasteiger partial charge in [-0.3, -0.25) is 4.79 Å². The minimum Gasteiger partial charge on any atom is -0.319 e. The first kappa shape index (κ1) is 15.0. The van der Waals surface area contributed by atoms with Crippen molar-refractivity contribution >= 4 is 5.78 Å². The van der Waals surface area contributed by atoms with Crippen LogP contribution >= 0.6 is 0 Å². The lowest BCUT2D eigenvalue weighted by Gasteiger charge is -2.31. The van der Waals surface area contributed by atoms with Gasteiger partial charge in [0.05, 0.1) is 11.1 Å². The van der Waals surface area contributed by atoms with Crippen molar-refractivity contribution in [3.63, 3.8) is 0 Å². The fourth-order valence-corrected chi connectivity index (χ4v) is 2.63. The molecule has 2 N–H and O–H groups in total. The van der Waals surface area contributed by atoms with E-state index >= 15 is 0 Å². The number of rotatable bonds is 3. The average Bonchev–Trinajstić information content (AvgIpc) is 2.39. The predicted octanol–water partition coefficient (Wildman–Crippen LogP) is 3.48. The summed E-state index contributed by atoms with van der Waals surface area (Å²) >= 11 is 0. The molecular formula is C15H18F3NO. The first-order valence-electron chi connectivity index (χ1n) is 6.80. The van der Waals surface area contributed by atoms with E-state index in [1.165, 1.54) is 12.1 Å². The van der Waals surface area contributed by atoms with Crippen LogP contribution < -0.4 is 5.73 Å². The van der Waals surface area contributed by atoms with Crippen LogP contribution in [0.1, 0.15) is 43.2 Å². The number of nitrogens with two attached hydrogens (primary N) is 1. The van der Waals surface area contributed by atoms with Crippen molar-refractivity contribution in [3.05, 3.63) is 35.4 Å². The van der Waals surface area contributed by atoms with E-state index in [1.54, 1.807) is 0 Å². The summed E-state index contributed by atoms with van der Waals surface area (Å²) in [6, 6.07) is 4.72. The van der Waals surface area contributed by atoms with Crippen LogP contribution in [-0.4, -0.2) is 11.3 Å². The van der Waals surface area contributed by atoms with Crippen molar-refractivity contribution in [2.24, 2.45) is 5.73 Å². The highest BCUT2D eigenvalue weighted by Crippen LogP contribution is 2.30. The first-order valence-corrected chi connectivity index (χ1v) is 6.80. The molecule has 1 saturated carbocycles. The summed E-state index contributed by atoms with van der Waals surface area (Å²) in [7, 11) is 0. The molecule has 0 aliphatic heterocycles. The number of carbonyl (C=O) groups is 1. The van der Waals surface area contributed by atoms with Gasteiger partial charge in [0, 0.05) is 6.42 Å². The quantitative estimate of drug-likeness (QED) is 0.924. The maximum absolute atomic E-state index is 12.4. The van der Waals surface area contributed by atoms with Crippen molar-refractivity contribution in [2.45, 2.75) is 50.2 Å². The van der Waals surface area contributed by atoms with E-state index in [9.17, 15) is 18.0 Å². The molecule has 1 aromatic rings. The minimum absolute atomic E-state index is 0.0723. The Labute approximate surface area is 116 Å². The second-order valence-electron chi connectivity index (χ2n) is 5.51. The fraction of sp³-hybridized carbons (Fsp3) is 0.533. The molecule has 1 aromatic carbocycles. The number of ketones is 1. The van der Waals surface area contributed by atoms with Crippen molar-refractivity contribution in [2.75, 3.05) is 0 Å². The Bertz CT molecular complexity index is 473. The Morgan fingerprint density at radius 3 is 2.15 bits per heavy atom. The average molecular weight is 285 g/mol. The predicted molar refractivity (Wildman–Crippen MR) is 70.2 cm³/mol. The zero-order valence-corrected chi connectivity index (χ0v) is 11.2. The molecule has 0 atom stereocenters. The second-order valence-corrected chi connectivity index (χ2v) is 5.51. The van der Waals surface area contributed by atoms with Crippen LogP contribution in [0.3, 0.4) is 0 Å². The molecule has 0 aromatic heterocycles. The highest BCUT2D eigenvalue weighted by molar-refractivity contribution is 5.90. The number of halogens is 3. The lowest BCUT2D eigenvalue weighted by atomic mass is 9.78. The summed E-state index contributed by atoms with van der Waals surface area (Å²) in [6.45, 7) is 0. The van der Waals surface area contributed by atoms with Crippen molar-refractivity contribution in [1.82, 2.24) is 0 Å². The molecular weight excluding hydrogens is 267 g/mol. The number of benzene rings is 1. The van der Waals surface area contributed by atoms with Gasteiger partial charge in [0.1, 0.15) is 0 Å². The normalized spacial score (nSPS) is 18.8. The Morgan fingerprint density at radius 2 is 1.65 bits per heavy atom. The van der Waals surface area contributed by atoms with Gasteiger partial charge in [-0.1, -0.05) is 31.4 Å². The van der Waals surface area contributed by atoms with E-state index in [4.69, 9.17) is 5.73 Å². The maximum atomic E-state index is 12.4. The van der Waals surface area contributed by atoms with Gasteiger partial charge in [0.15, 0.2) is 5.78 Å². The lowest BCUT2D eigenvalue weighted by molar-refractivity contribution is -0.137. The Morgan fingerprint density at radius 1 is 1.10 bits per heavy atom. The molecule has 1 aliphatic rings. The van der Waals surface area contributed by atoms with Gasteiger partial charge in [0.25, 0.3) is 0 Å². The van der Waals surface area contributed by atoms with Crippen LogP contribution in [0, 0.1) is 0 Å². The number of hydrogen-bond donors (Lipinski definition) is 1. The van der Waals surface area contributed by atoms with Gasteiger partial charge in [-0.25, -0.2) is 0 Å². The minimum atomic E-state index is -4.35. The smallest absolute Gasteiger partial charge is 0.319 e. The maximum Gasteiger partial charge on any atom is 0.416 e. The third-order valence-corrected chi connectivity index (χ3v) is 3.95. The molecule has 0 unspecified atom stereocenters. The topological polar surface area (TPSA) is 43.1 Å². The summed E-state index contributed by atoms with van der Waals surface area (Å²) in [5, 5.41) is 0. The van der Waals surface area contributed by atoms with Gasteiger partial charge in [-0.15, -0.1) is 0 Å². The Balaban J connectivity index is 2.04. The zero-order valence-electron chi connectivity index (χ0n) is 11.2. The third kappa shape index (κ3) is 3.39. The van der Waals surface area contributed by atoms with E-state index in [0.717, 1.165) is 31.4 Å². The van der Waals surface area contributed by atoms with E-state index in [2.05, 4.69) is 0 Å². The molecule has 2 rings (SSSR count). The summed E-state index contributed by atoms with van der Waals surface area (Å²) in [6.07, 6.45) is 0.0750. The van der Waals surface area contributed by atoms with E-state index in [-0.39, 0.29) is 12.2 Å². The van der Waals surface area contributed by atoms with Crippen LogP contribution in [0.2, 0.25) is 0 Å². The highest BCUT2D eigenvalue weighted by atomic mass is 19.4. The second kappa shape index (κ2) is 5.56. The van der Waals surface area contributed by atoms with Crippen molar-refractivity contribution < 1.29 is 18.0 Å². The lowest BCUT2D eigenvalue weighted by Crippen LogP contribution is -2.50. The molecule has 0 spiro atoms. The summed E-state index contributed by atoms with van der Waals surface area (Å²) < 4.78 is 37.3. The molecule has 0 saturated heterocycles. The zero-order chi connectivity index (χ0) is 14.8. The monoisotopic (exact) mass is 285 g/mol. The highest BCUT2D eigenvalue weighted by Gasteiger charge is 2.35. The summed E-state index contributed by atoms with van der Waals surface area (Å²) in [4.78, 5) is 12.2. The first-order chi connectivity index (χ1) is 9.31. The van der Waals surface area contributed by atoms with Gasteiger partial charge in [-0.2, -0.15) is 13.2 Å². The van der Waals surface area contributed by atoms with Crippen LogP contribution in [0.4, 0.5) is 13.2 Å². The van der Waals surface area contributed by atoms with Gasteiger partial charge >= 0.3 is 6.18 Å². The molecule has 2 nitrogen and oxygen atoms in total.